The van der Waals surface area contributed by atoms with Crippen LogP contribution in [0, 0.1) is 5.92 Å². The molecule has 0 aromatic heterocycles. The minimum Gasteiger partial charge on any atom is -0.409 e. The SMILES string of the molecule is CN/C(=N\O)C1CCCCC1. The molecule has 3 nitrogen and oxygen atoms in total. The number of hydrogen-bond acceptors (Lipinski definition) is 2. The first-order chi connectivity index (χ1) is 5.38. The number of nitrogens with zero attached hydrogens (tertiary/aromatic N) is 1. The Labute approximate surface area is 67.5 Å². The Bertz CT molecular complexity index is 139. The van der Waals surface area contributed by atoms with Gasteiger partial charge in [0.2, 0.25) is 0 Å². The van der Waals surface area contributed by atoms with Crippen molar-refractivity contribution < 1.29 is 5.21 Å². The van der Waals surface area contributed by atoms with Crippen molar-refractivity contribution in [1.82, 2.24) is 5.32 Å². The van der Waals surface area contributed by atoms with Crippen molar-refractivity contribution in [1.29, 1.82) is 0 Å². The van der Waals surface area contributed by atoms with Gasteiger partial charge in [0.05, 0.1) is 0 Å². The molecule has 0 bridgehead atoms. The maximum absolute atomic E-state index is 8.60. The van der Waals surface area contributed by atoms with Gasteiger partial charge in [0.15, 0.2) is 0 Å². The van der Waals surface area contributed by atoms with Crippen LogP contribution in [0.4, 0.5) is 0 Å². The first-order valence-electron chi connectivity index (χ1n) is 4.28. The molecule has 11 heavy (non-hydrogen) atoms. The molecule has 1 rings (SSSR count). The van der Waals surface area contributed by atoms with Crippen LogP contribution in [0.5, 0.6) is 0 Å². The van der Waals surface area contributed by atoms with E-state index >= 15 is 0 Å². The van der Waals surface area contributed by atoms with Gasteiger partial charge >= 0.3 is 0 Å². The van der Waals surface area contributed by atoms with Gasteiger partial charge in [-0.25, -0.2) is 0 Å². The van der Waals surface area contributed by atoms with Gasteiger partial charge in [0.1, 0.15) is 5.84 Å². The summed E-state index contributed by atoms with van der Waals surface area (Å²) >= 11 is 0. The van der Waals surface area contributed by atoms with Crippen LogP contribution in [-0.4, -0.2) is 18.1 Å². The maximum atomic E-state index is 8.60. The molecule has 0 aromatic rings. The quantitative estimate of drug-likeness (QED) is 0.262. The van der Waals surface area contributed by atoms with Gasteiger partial charge in [-0.15, -0.1) is 0 Å². The minimum absolute atomic E-state index is 0.471. The molecule has 0 aliphatic heterocycles. The van der Waals surface area contributed by atoms with E-state index in [9.17, 15) is 0 Å². The number of oxime groups is 1. The Kier molecular flexibility index (Phi) is 3.20. The van der Waals surface area contributed by atoms with Gasteiger partial charge in [-0.05, 0) is 12.8 Å². The van der Waals surface area contributed by atoms with E-state index in [0.29, 0.717) is 5.92 Å². The van der Waals surface area contributed by atoms with E-state index in [2.05, 4.69) is 10.5 Å². The van der Waals surface area contributed by atoms with E-state index in [1.165, 1.54) is 32.1 Å². The van der Waals surface area contributed by atoms with E-state index < -0.39 is 0 Å². The number of hydrogen-bond donors (Lipinski definition) is 2. The standard InChI is InChI=1S/C8H16N2O/c1-9-8(10-11)7-5-3-2-4-6-7/h7,11H,2-6H2,1H3,(H,9,10). The van der Waals surface area contributed by atoms with Crippen molar-refractivity contribution in [3.05, 3.63) is 0 Å². The molecule has 0 amide bonds. The van der Waals surface area contributed by atoms with Crippen LogP contribution in [0.25, 0.3) is 0 Å². The van der Waals surface area contributed by atoms with E-state index in [1.807, 2.05) is 7.05 Å². The predicted molar refractivity (Wildman–Crippen MR) is 44.9 cm³/mol. The van der Waals surface area contributed by atoms with Crippen LogP contribution in [-0.2, 0) is 0 Å². The third kappa shape index (κ3) is 2.10. The summed E-state index contributed by atoms with van der Waals surface area (Å²) in [5.41, 5.74) is 0. The molecule has 2 N–H and O–H groups in total. The van der Waals surface area contributed by atoms with Crippen molar-refractivity contribution in [2.75, 3.05) is 7.05 Å². The van der Waals surface area contributed by atoms with Gasteiger partial charge in [0, 0.05) is 13.0 Å². The van der Waals surface area contributed by atoms with Gasteiger partial charge in [0.25, 0.3) is 0 Å². The Morgan fingerprint density at radius 2 is 2.00 bits per heavy atom. The zero-order valence-electron chi connectivity index (χ0n) is 7.01. The van der Waals surface area contributed by atoms with Crippen LogP contribution in [0.3, 0.4) is 0 Å². The van der Waals surface area contributed by atoms with Crippen molar-refractivity contribution in [2.45, 2.75) is 32.1 Å². The fourth-order valence-corrected chi connectivity index (χ4v) is 1.71. The summed E-state index contributed by atoms with van der Waals surface area (Å²) in [5, 5.41) is 14.8. The molecular weight excluding hydrogens is 140 g/mol. The molecule has 0 unspecified atom stereocenters. The molecule has 1 fully saturated rings. The van der Waals surface area contributed by atoms with Crippen molar-refractivity contribution in [2.24, 2.45) is 11.1 Å². The minimum atomic E-state index is 0.471. The Hall–Kier alpha value is -0.730. The summed E-state index contributed by atoms with van der Waals surface area (Å²) in [6, 6.07) is 0. The van der Waals surface area contributed by atoms with E-state index in [0.717, 1.165) is 5.84 Å². The third-order valence-corrected chi connectivity index (χ3v) is 2.36. The third-order valence-electron chi connectivity index (χ3n) is 2.36. The van der Waals surface area contributed by atoms with Crippen LogP contribution in [0.15, 0.2) is 5.16 Å². The highest BCUT2D eigenvalue weighted by Gasteiger charge is 2.18. The molecule has 0 atom stereocenters. The van der Waals surface area contributed by atoms with Gasteiger partial charge in [-0.3, -0.25) is 0 Å². The highest BCUT2D eigenvalue weighted by molar-refractivity contribution is 5.83. The number of nitrogens with one attached hydrogen (secondary N) is 1. The summed E-state index contributed by atoms with van der Waals surface area (Å²) in [5.74, 6) is 1.23. The second-order valence-corrected chi connectivity index (χ2v) is 3.07. The zero-order chi connectivity index (χ0) is 8.10. The van der Waals surface area contributed by atoms with Crippen LogP contribution in [0.1, 0.15) is 32.1 Å². The number of amidine groups is 1. The maximum Gasteiger partial charge on any atom is 0.144 e. The first-order valence-corrected chi connectivity index (χ1v) is 4.28. The fourth-order valence-electron chi connectivity index (χ4n) is 1.71. The lowest BCUT2D eigenvalue weighted by molar-refractivity contribution is 0.306. The predicted octanol–water partition coefficient (Wildman–Crippen LogP) is 1.57. The lowest BCUT2D eigenvalue weighted by Gasteiger charge is -2.21. The summed E-state index contributed by atoms with van der Waals surface area (Å²) < 4.78 is 0. The van der Waals surface area contributed by atoms with E-state index in [4.69, 9.17) is 5.21 Å². The van der Waals surface area contributed by atoms with Gasteiger partial charge < -0.3 is 10.5 Å². The normalized spacial score (nSPS) is 21.7. The molecular formula is C8H16N2O. The van der Waals surface area contributed by atoms with Crippen LogP contribution in [0.2, 0.25) is 0 Å². The second kappa shape index (κ2) is 4.21. The molecule has 64 valence electrons. The molecule has 0 heterocycles. The smallest absolute Gasteiger partial charge is 0.144 e. The molecule has 0 aromatic carbocycles. The molecule has 3 heteroatoms. The van der Waals surface area contributed by atoms with Crippen molar-refractivity contribution in [3.8, 4) is 0 Å². The largest absolute Gasteiger partial charge is 0.409 e. The fraction of sp³-hybridized carbons (Fsp3) is 0.875. The monoisotopic (exact) mass is 156 g/mol. The summed E-state index contributed by atoms with van der Waals surface area (Å²) in [4.78, 5) is 0. The van der Waals surface area contributed by atoms with Gasteiger partial charge in [-0.2, -0.15) is 0 Å². The zero-order valence-corrected chi connectivity index (χ0v) is 7.01. The molecule has 1 aliphatic carbocycles. The Balaban J connectivity index is 2.43. The van der Waals surface area contributed by atoms with Crippen LogP contribution < -0.4 is 5.32 Å². The molecule has 0 saturated heterocycles. The number of rotatable bonds is 1. The summed E-state index contributed by atoms with van der Waals surface area (Å²) in [7, 11) is 1.81. The van der Waals surface area contributed by atoms with Gasteiger partial charge in [-0.1, -0.05) is 24.4 Å². The topological polar surface area (TPSA) is 44.6 Å². The first kappa shape index (κ1) is 8.37. The van der Waals surface area contributed by atoms with Crippen molar-refractivity contribution in [3.63, 3.8) is 0 Å². The average molecular weight is 156 g/mol. The Morgan fingerprint density at radius 3 is 2.45 bits per heavy atom. The van der Waals surface area contributed by atoms with E-state index in [1.54, 1.807) is 0 Å². The lowest BCUT2D eigenvalue weighted by Crippen LogP contribution is -2.29. The summed E-state index contributed by atoms with van der Waals surface area (Å²) in [6.45, 7) is 0. The highest BCUT2D eigenvalue weighted by Crippen LogP contribution is 2.23. The summed E-state index contributed by atoms with van der Waals surface area (Å²) in [6.07, 6.45) is 6.20. The molecule has 1 saturated carbocycles. The molecule has 0 spiro atoms. The lowest BCUT2D eigenvalue weighted by atomic mass is 9.88. The van der Waals surface area contributed by atoms with Crippen molar-refractivity contribution >= 4 is 5.84 Å². The molecule has 1 aliphatic rings. The average Bonchev–Trinajstić information content (AvgIpc) is 2.09. The molecule has 0 radical (unpaired) electrons. The highest BCUT2D eigenvalue weighted by atomic mass is 16.4. The van der Waals surface area contributed by atoms with Crippen LogP contribution >= 0.6 is 0 Å². The Morgan fingerprint density at radius 1 is 1.36 bits per heavy atom. The second-order valence-electron chi connectivity index (χ2n) is 3.07. The van der Waals surface area contributed by atoms with E-state index in [-0.39, 0.29) is 0 Å².